The van der Waals surface area contributed by atoms with Crippen molar-refractivity contribution >= 4 is 30.0 Å². The predicted molar refractivity (Wildman–Crippen MR) is 77.6 cm³/mol. The summed E-state index contributed by atoms with van der Waals surface area (Å²) in [6.45, 7) is 2.82. The van der Waals surface area contributed by atoms with Gasteiger partial charge in [0.1, 0.15) is 19.0 Å². The zero-order valence-corrected chi connectivity index (χ0v) is 12.2. The zero-order chi connectivity index (χ0) is 14.1. The molecule has 20 heavy (non-hydrogen) atoms. The molecule has 0 saturated carbocycles. The van der Waals surface area contributed by atoms with Gasteiger partial charge in [0.25, 0.3) is 0 Å². The normalized spacial score (nSPS) is 13.9. The molecule has 1 aliphatic rings. The van der Waals surface area contributed by atoms with Crippen LogP contribution in [-0.2, 0) is 0 Å². The standard InChI is InChI=1S/C12H11ClN4O2S/c1-7-15-16-12(20)17(7)14-6-8-4-9(13)11-10(5-8)18-2-3-19-11/h4-6H,2-3H2,1H3,(H,16,20)/b14-6-. The summed E-state index contributed by atoms with van der Waals surface area (Å²) in [4.78, 5) is 0. The third-order valence-corrected chi connectivity index (χ3v) is 3.30. The van der Waals surface area contributed by atoms with E-state index in [-0.39, 0.29) is 0 Å². The molecule has 0 fully saturated rings. The van der Waals surface area contributed by atoms with Crippen molar-refractivity contribution < 1.29 is 9.47 Å². The maximum absolute atomic E-state index is 6.16. The van der Waals surface area contributed by atoms with Crippen molar-refractivity contribution in [2.45, 2.75) is 6.92 Å². The fraction of sp³-hybridized carbons (Fsp3) is 0.250. The van der Waals surface area contributed by atoms with E-state index < -0.39 is 0 Å². The number of H-pyrrole nitrogens is 1. The van der Waals surface area contributed by atoms with Gasteiger partial charge in [0.2, 0.25) is 4.77 Å². The lowest BCUT2D eigenvalue weighted by Gasteiger charge is -2.19. The molecule has 0 unspecified atom stereocenters. The van der Waals surface area contributed by atoms with Crippen LogP contribution in [-0.4, -0.2) is 34.3 Å². The molecule has 0 amide bonds. The number of aromatic nitrogens is 3. The van der Waals surface area contributed by atoms with Gasteiger partial charge < -0.3 is 9.47 Å². The van der Waals surface area contributed by atoms with Crippen molar-refractivity contribution in [3.05, 3.63) is 33.3 Å². The van der Waals surface area contributed by atoms with Gasteiger partial charge in [-0.05, 0) is 36.8 Å². The molecule has 1 aromatic carbocycles. The highest BCUT2D eigenvalue weighted by Gasteiger charge is 2.16. The molecule has 0 radical (unpaired) electrons. The van der Waals surface area contributed by atoms with Gasteiger partial charge in [-0.3, -0.25) is 5.10 Å². The molecule has 1 aromatic heterocycles. The van der Waals surface area contributed by atoms with E-state index in [0.29, 0.717) is 40.3 Å². The molecule has 0 aliphatic carbocycles. The van der Waals surface area contributed by atoms with E-state index in [4.69, 9.17) is 33.3 Å². The van der Waals surface area contributed by atoms with Gasteiger partial charge in [0, 0.05) is 0 Å². The van der Waals surface area contributed by atoms with Gasteiger partial charge in [-0.25, -0.2) is 0 Å². The van der Waals surface area contributed by atoms with Crippen molar-refractivity contribution in [2.24, 2.45) is 5.10 Å². The third-order valence-electron chi connectivity index (χ3n) is 2.75. The number of rotatable bonds is 2. The summed E-state index contributed by atoms with van der Waals surface area (Å²) in [6, 6.07) is 3.58. The largest absolute Gasteiger partial charge is 0.486 e. The summed E-state index contributed by atoms with van der Waals surface area (Å²) < 4.78 is 12.9. The molecule has 6 nitrogen and oxygen atoms in total. The van der Waals surface area contributed by atoms with Crippen LogP contribution in [0.2, 0.25) is 5.02 Å². The number of ether oxygens (including phenoxy) is 2. The van der Waals surface area contributed by atoms with E-state index in [9.17, 15) is 0 Å². The molecular formula is C12H11ClN4O2S. The minimum atomic E-state index is 0.433. The van der Waals surface area contributed by atoms with E-state index in [2.05, 4.69) is 15.3 Å². The Morgan fingerprint density at radius 2 is 2.25 bits per heavy atom. The fourth-order valence-electron chi connectivity index (χ4n) is 1.84. The number of fused-ring (bicyclic) bond motifs is 1. The quantitative estimate of drug-likeness (QED) is 0.684. The summed E-state index contributed by atoms with van der Waals surface area (Å²) in [5, 5.41) is 11.4. The summed E-state index contributed by atoms with van der Waals surface area (Å²) in [6.07, 6.45) is 1.64. The first-order chi connectivity index (χ1) is 9.65. The number of hydrogen-bond donors (Lipinski definition) is 1. The molecular weight excluding hydrogens is 300 g/mol. The van der Waals surface area contributed by atoms with Crippen molar-refractivity contribution in [3.8, 4) is 11.5 Å². The number of hydrogen-bond acceptors (Lipinski definition) is 5. The number of aryl methyl sites for hydroxylation is 1. The molecule has 0 atom stereocenters. The van der Waals surface area contributed by atoms with Gasteiger partial charge in [-0.1, -0.05) is 11.6 Å². The van der Waals surface area contributed by atoms with Gasteiger partial charge >= 0.3 is 0 Å². The Labute approximate surface area is 125 Å². The van der Waals surface area contributed by atoms with Gasteiger partial charge in [-0.15, -0.1) is 0 Å². The number of nitrogens with one attached hydrogen (secondary N) is 1. The number of halogens is 1. The van der Waals surface area contributed by atoms with Crippen LogP contribution in [0.1, 0.15) is 11.4 Å². The number of benzene rings is 1. The van der Waals surface area contributed by atoms with Crippen LogP contribution in [0.25, 0.3) is 0 Å². The average molecular weight is 311 g/mol. The predicted octanol–water partition coefficient (Wildman–Crippen LogP) is 2.56. The number of nitrogens with zero attached hydrogens (tertiary/aromatic N) is 3. The first kappa shape index (κ1) is 13.1. The monoisotopic (exact) mass is 310 g/mol. The van der Waals surface area contributed by atoms with E-state index in [1.807, 2.05) is 6.07 Å². The summed E-state index contributed by atoms with van der Waals surface area (Å²) >= 11 is 11.2. The lowest BCUT2D eigenvalue weighted by atomic mass is 10.2. The first-order valence-corrected chi connectivity index (χ1v) is 6.71. The van der Waals surface area contributed by atoms with E-state index in [1.54, 1.807) is 19.2 Å². The van der Waals surface area contributed by atoms with Crippen molar-refractivity contribution in [2.75, 3.05) is 13.2 Å². The van der Waals surface area contributed by atoms with Crippen molar-refractivity contribution in [1.82, 2.24) is 14.9 Å². The second-order valence-corrected chi connectivity index (χ2v) is 4.95. The SMILES string of the molecule is Cc1n[nH]c(=S)n1/N=C\c1cc(Cl)c2c(c1)OCCO2. The fourth-order valence-corrected chi connectivity index (χ4v) is 2.33. The first-order valence-electron chi connectivity index (χ1n) is 5.92. The van der Waals surface area contributed by atoms with E-state index in [1.165, 1.54) is 4.68 Å². The van der Waals surface area contributed by atoms with Crippen LogP contribution in [0, 0.1) is 11.7 Å². The Bertz CT molecular complexity index is 738. The number of aromatic amines is 1. The molecule has 1 N–H and O–H groups in total. The molecule has 3 rings (SSSR count). The third kappa shape index (κ3) is 2.41. The maximum Gasteiger partial charge on any atom is 0.216 e. The van der Waals surface area contributed by atoms with Gasteiger partial charge in [0.05, 0.1) is 11.2 Å². The molecule has 104 valence electrons. The molecule has 0 bridgehead atoms. The molecule has 0 spiro atoms. The Morgan fingerprint density at radius 3 is 3.00 bits per heavy atom. The molecule has 2 heterocycles. The minimum Gasteiger partial charge on any atom is -0.486 e. The zero-order valence-electron chi connectivity index (χ0n) is 10.6. The lowest BCUT2D eigenvalue weighted by Crippen LogP contribution is -2.15. The highest BCUT2D eigenvalue weighted by atomic mass is 35.5. The summed E-state index contributed by atoms with van der Waals surface area (Å²) in [5.74, 6) is 1.87. The van der Waals surface area contributed by atoms with E-state index >= 15 is 0 Å². The minimum absolute atomic E-state index is 0.433. The highest BCUT2D eigenvalue weighted by molar-refractivity contribution is 7.71. The molecule has 2 aromatic rings. The van der Waals surface area contributed by atoms with Crippen LogP contribution in [0.4, 0.5) is 0 Å². The second kappa shape index (κ2) is 5.26. The van der Waals surface area contributed by atoms with Crippen LogP contribution >= 0.6 is 23.8 Å². The Balaban J connectivity index is 1.96. The van der Waals surface area contributed by atoms with Crippen LogP contribution in [0.15, 0.2) is 17.2 Å². The van der Waals surface area contributed by atoms with Gasteiger partial charge in [-0.2, -0.15) is 14.9 Å². The molecule has 8 heteroatoms. The maximum atomic E-state index is 6.16. The second-order valence-electron chi connectivity index (χ2n) is 4.16. The van der Waals surface area contributed by atoms with E-state index in [0.717, 1.165) is 5.56 Å². The van der Waals surface area contributed by atoms with Gasteiger partial charge in [0.15, 0.2) is 11.5 Å². The lowest BCUT2D eigenvalue weighted by molar-refractivity contribution is 0.171. The molecule has 1 aliphatic heterocycles. The Hall–Kier alpha value is -1.86. The molecule has 0 saturated heterocycles. The van der Waals surface area contributed by atoms with Crippen LogP contribution < -0.4 is 9.47 Å². The van der Waals surface area contributed by atoms with Crippen LogP contribution in [0.3, 0.4) is 0 Å². The summed E-state index contributed by atoms with van der Waals surface area (Å²) in [5.41, 5.74) is 0.793. The Kier molecular flexibility index (Phi) is 3.45. The van der Waals surface area contributed by atoms with Crippen molar-refractivity contribution in [3.63, 3.8) is 0 Å². The smallest absolute Gasteiger partial charge is 0.216 e. The van der Waals surface area contributed by atoms with Crippen molar-refractivity contribution in [1.29, 1.82) is 0 Å². The van der Waals surface area contributed by atoms with Crippen LogP contribution in [0.5, 0.6) is 11.5 Å². The Morgan fingerprint density at radius 1 is 1.45 bits per heavy atom. The average Bonchev–Trinajstić information content (AvgIpc) is 2.76. The summed E-state index contributed by atoms with van der Waals surface area (Å²) in [7, 11) is 0. The topological polar surface area (TPSA) is 64.4 Å². The highest BCUT2D eigenvalue weighted by Crippen LogP contribution is 2.37.